The first kappa shape index (κ1) is 13.9. The minimum absolute atomic E-state index is 0.354. The highest BCUT2D eigenvalue weighted by molar-refractivity contribution is 4.93. The van der Waals surface area contributed by atoms with Crippen molar-refractivity contribution < 1.29 is 0 Å². The van der Waals surface area contributed by atoms with Crippen molar-refractivity contribution >= 4 is 0 Å². The number of hydrogen-bond donors (Lipinski definition) is 1. The Balaban J connectivity index is 2.25. The van der Waals surface area contributed by atoms with Crippen LogP contribution in [-0.4, -0.2) is 56.6 Å². The van der Waals surface area contributed by atoms with Crippen LogP contribution in [-0.2, 0) is 0 Å². The van der Waals surface area contributed by atoms with Gasteiger partial charge in [-0.1, -0.05) is 13.3 Å². The van der Waals surface area contributed by atoms with Gasteiger partial charge in [-0.25, -0.2) is 0 Å². The van der Waals surface area contributed by atoms with Crippen LogP contribution in [0.3, 0.4) is 0 Å². The Bertz CT molecular complexity index is 205. The third-order valence-electron chi connectivity index (χ3n) is 3.93. The van der Waals surface area contributed by atoms with Gasteiger partial charge in [-0.05, 0) is 58.9 Å². The van der Waals surface area contributed by atoms with Crippen LogP contribution < -0.4 is 5.73 Å². The second-order valence-electron chi connectivity index (χ2n) is 6.05. The van der Waals surface area contributed by atoms with Gasteiger partial charge in [-0.3, -0.25) is 0 Å². The van der Waals surface area contributed by atoms with Crippen molar-refractivity contribution in [1.82, 2.24) is 9.80 Å². The molecule has 1 aliphatic rings. The molecule has 0 spiro atoms. The number of rotatable bonds is 6. The molecule has 0 aromatic carbocycles. The van der Waals surface area contributed by atoms with E-state index in [2.05, 4.69) is 37.9 Å². The van der Waals surface area contributed by atoms with E-state index >= 15 is 0 Å². The van der Waals surface area contributed by atoms with Crippen molar-refractivity contribution in [3.05, 3.63) is 0 Å². The van der Waals surface area contributed by atoms with Crippen molar-refractivity contribution in [3.63, 3.8) is 0 Å². The Kier molecular flexibility index (Phi) is 5.22. The molecule has 0 radical (unpaired) electrons. The molecule has 2 N–H and O–H groups in total. The molecule has 2 atom stereocenters. The summed E-state index contributed by atoms with van der Waals surface area (Å²) in [5.41, 5.74) is 6.56. The first-order valence-corrected chi connectivity index (χ1v) is 6.53. The Morgan fingerprint density at radius 2 is 1.94 bits per heavy atom. The van der Waals surface area contributed by atoms with E-state index in [-0.39, 0.29) is 0 Å². The van der Waals surface area contributed by atoms with E-state index in [1.807, 2.05) is 0 Å². The molecule has 0 aromatic rings. The van der Waals surface area contributed by atoms with Gasteiger partial charge in [-0.2, -0.15) is 0 Å². The maximum atomic E-state index is 6.20. The Morgan fingerprint density at radius 1 is 1.25 bits per heavy atom. The number of nitrogens with two attached hydrogens (primary N) is 1. The average Bonchev–Trinajstić information content (AvgIpc) is 2.46. The predicted octanol–water partition coefficient (Wildman–Crippen LogP) is 1.39. The topological polar surface area (TPSA) is 32.5 Å². The molecule has 3 nitrogen and oxygen atoms in total. The van der Waals surface area contributed by atoms with E-state index in [9.17, 15) is 0 Å². The van der Waals surface area contributed by atoms with Crippen LogP contribution in [0, 0.1) is 5.41 Å². The molecule has 1 saturated carbocycles. The van der Waals surface area contributed by atoms with E-state index < -0.39 is 0 Å². The van der Waals surface area contributed by atoms with Gasteiger partial charge in [0, 0.05) is 12.6 Å². The highest BCUT2D eigenvalue weighted by Crippen LogP contribution is 2.37. The van der Waals surface area contributed by atoms with Crippen molar-refractivity contribution in [2.75, 3.05) is 40.8 Å². The molecule has 3 heteroatoms. The molecule has 0 amide bonds. The molecule has 0 aliphatic heterocycles. The maximum Gasteiger partial charge on any atom is 0.0105 e. The summed E-state index contributed by atoms with van der Waals surface area (Å²) in [5, 5.41) is 0. The lowest BCUT2D eigenvalue weighted by Gasteiger charge is -2.33. The van der Waals surface area contributed by atoms with Crippen LogP contribution in [0.15, 0.2) is 0 Å². The minimum Gasteiger partial charge on any atom is -0.327 e. The molecule has 0 saturated heterocycles. The highest BCUT2D eigenvalue weighted by Gasteiger charge is 2.36. The number of hydrogen-bond acceptors (Lipinski definition) is 3. The normalized spacial score (nSPS) is 30.6. The minimum atomic E-state index is 0.354. The second-order valence-corrected chi connectivity index (χ2v) is 6.05. The van der Waals surface area contributed by atoms with Gasteiger partial charge < -0.3 is 15.5 Å². The molecule has 1 rings (SSSR count). The standard InChI is InChI=1S/C13H29N3/c1-13(8-5-7-12(13)14)11-16(4)10-6-9-15(2)3/h12H,5-11,14H2,1-4H3. The first-order valence-electron chi connectivity index (χ1n) is 6.53. The van der Waals surface area contributed by atoms with Gasteiger partial charge in [0.05, 0.1) is 0 Å². The van der Waals surface area contributed by atoms with Crippen molar-refractivity contribution in [1.29, 1.82) is 0 Å². The lowest BCUT2D eigenvalue weighted by molar-refractivity contribution is 0.173. The quantitative estimate of drug-likeness (QED) is 0.744. The second kappa shape index (κ2) is 5.99. The highest BCUT2D eigenvalue weighted by atomic mass is 15.1. The molecule has 0 bridgehead atoms. The summed E-state index contributed by atoms with van der Waals surface area (Å²) in [6.45, 7) is 5.86. The summed E-state index contributed by atoms with van der Waals surface area (Å²) >= 11 is 0. The molecule has 1 fully saturated rings. The molecule has 96 valence electrons. The molecule has 16 heavy (non-hydrogen) atoms. The first-order chi connectivity index (χ1) is 7.44. The lowest BCUT2D eigenvalue weighted by atomic mass is 9.84. The smallest absolute Gasteiger partial charge is 0.0105 e. The van der Waals surface area contributed by atoms with Crippen LogP contribution in [0.4, 0.5) is 0 Å². The van der Waals surface area contributed by atoms with Gasteiger partial charge >= 0.3 is 0 Å². The Morgan fingerprint density at radius 3 is 2.44 bits per heavy atom. The Hall–Kier alpha value is -0.120. The van der Waals surface area contributed by atoms with Crippen LogP contribution in [0.1, 0.15) is 32.6 Å². The molecular weight excluding hydrogens is 198 g/mol. The fourth-order valence-corrected chi connectivity index (χ4v) is 2.81. The lowest BCUT2D eigenvalue weighted by Crippen LogP contribution is -2.43. The van der Waals surface area contributed by atoms with Gasteiger partial charge in [0.15, 0.2) is 0 Å². The molecule has 0 heterocycles. The summed E-state index contributed by atoms with van der Waals surface area (Å²) in [6, 6.07) is 0.406. The summed E-state index contributed by atoms with van der Waals surface area (Å²) in [5.74, 6) is 0. The van der Waals surface area contributed by atoms with Crippen molar-refractivity contribution in [3.8, 4) is 0 Å². The summed E-state index contributed by atoms with van der Waals surface area (Å²) in [6.07, 6.45) is 5.06. The average molecular weight is 227 g/mol. The van der Waals surface area contributed by atoms with E-state index in [0.717, 1.165) is 6.54 Å². The van der Waals surface area contributed by atoms with Crippen LogP contribution in [0.5, 0.6) is 0 Å². The van der Waals surface area contributed by atoms with Crippen molar-refractivity contribution in [2.45, 2.75) is 38.6 Å². The van der Waals surface area contributed by atoms with Gasteiger partial charge in [-0.15, -0.1) is 0 Å². The monoisotopic (exact) mass is 227 g/mol. The van der Waals surface area contributed by atoms with Crippen molar-refractivity contribution in [2.24, 2.45) is 11.1 Å². The largest absolute Gasteiger partial charge is 0.327 e. The van der Waals surface area contributed by atoms with E-state index in [1.54, 1.807) is 0 Å². The zero-order valence-electron chi connectivity index (χ0n) is 11.5. The van der Waals surface area contributed by atoms with Crippen LogP contribution in [0.25, 0.3) is 0 Å². The van der Waals surface area contributed by atoms with E-state index in [4.69, 9.17) is 5.73 Å². The predicted molar refractivity (Wildman–Crippen MR) is 70.6 cm³/mol. The Labute approximate surface area is 101 Å². The number of nitrogens with zero attached hydrogens (tertiary/aromatic N) is 2. The zero-order chi connectivity index (χ0) is 12.2. The fourth-order valence-electron chi connectivity index (χ4n) is 2.81. The third kappa shape index (κ3) is 4.04. The summed E-state index contributed by atoms with van der Waals surface area (Å²) < 4.78 is 0. The SMILES string of the molecule is CN(C)CCCN(C)CC1(C)CCCC1N. The summed E-state index contributed by atoms with van der Waals surface area (Å²) in [4.78, 5) is 4.70. The third-order valence-corrected chi connectivity index (χ3v) is 3.93. The van der Waals surface area contributed by atoms with Gasteiger partial charge in [0.2, 0.25) is 0 Å². The molecule has 0 aromatic heterocycles. The fraction of sp³-hybridized carbons (Fsp3) is 1.00. The summed E-state index contributed by atoms with van der Waals surface area (Å²) in [7, 11) is 6.49. The zero-order valence-corrected chi connectivity index (χ0v) is 11.5. The van der Waals surface area contributed by atoms with E-state index in [0.29, 0.717) is 11.5 Å². The molecule has 1 aliphatic carbocycles. The van der Waals surface area contributed by atoms with Gasteiger partial charge in [0.1, 0.15) is 0 Å². The molecular formula is C13H29N3. The van der Waals surface area contributed by atoms with E-state index in [1.165, 1.54) is 38.8 Å². The van der Waals surface area contributed by atoms with Gasteiger partial charge in [0.25, 0.3) is 0 Å². The van der Waals surface area contributed by atoms with Crippen LogP contribution in [0.2, 0.25) is 0 Å². The van der Waals surface area contributed by atoms with Crippen LogP contribution >= 0.6 is 0 Å². The molecule has 2 unspecified atom stereocenters. The maximum absolute atomic E-state index is 6.20.